The molecule has 1 heterocycles. The van der Waals surface area contributed by atoms with Gasteiger partial charge in [-0.05, 0) is 26.7 Å². The van der Waals surface area contributed by atoms with E-state index < -0.39 is 0 Å². The summed E-state index contributed by atoms with van der Waals surface area (Å²) in [6.07, 6.45) is 1.52. The summed E-state index contributed by atoms with van der Waals surface area (Å²) in [6, 6.07) is 0. The number of fused-ring (bicyclic) bond motifs is 1. The lowest BCUT2D eigenvalue weighted by Crippen LogP contribution is -2.22. The summed E-state index contributed by atoms with van der Waals surface area (Å²) in [5, 5.41) is 2.40. The zero-order chi connectivity index (χ0) is 9.59. The average Bonchev–Trinajstić information content (AvgIpc) is 2.31. The Kier molecular flexibility index (Phi) is 1.75. The van der Waals surface area contributed by atoms with Crippen molar-refractivity contribution in [1.29, 1.82) is 0 Å². The van der Waals surface area contributed by atoms with Crippen LogP contribution in [0.25, 0.3) is 0 Å². The highest BCUT2D eigenvalue weighted by atomic mass is 16.2. The predicted octanol–water partition coefficient (Wildman–Crippen LogP) is 1.01. The number of carbonyl (C=O) groups is 2. The summed E-state index contributed by atoms with van der Waals surface area (Å²) < 4.78 is 0. The van der Waals surface area contributed by atoms with Crippen LogP contribution in [0.5, 0.6) is 0 Å². The topological polar surface area (TPSA) is 46.2 Å². The largest absolute Gasteiger partial charge is 0.296 e. The molecule has 70 valence electrons. The van der Waals surface area contributed by atoms with Crippen molar-refractivity contribution >= 4 is 11.8 Å². The molecule has 2 atom stereocenters. The number of hydrogen-bond donors (Lipinski definition) is 1. The van der Waals surface area contributed by atoms with E-state index in [-0.39, 0.29) is 23.7 Å². The molecule has 1 fully saturated rings. The van der Waals surface area contributed by atoms with Gasteiger partial charge in [0.25, 0.3) is 0 Å². The van der Waals surface area contributed by atoms with Crippen LogP contribution in [0.3, 0.4) is 0 Å². The summed E-state index contributed by atoms with van der Waals surface area (Å²) in [5.41, 5.74) is 2.54. The van der Waals surface area contributed by atoms with E-state index in [1.165, 1.54) is 11.1 Å². The van der Waals surface area contributed by atoms with Crippen LogP contribution >= 0.6 is 0 Å². The molecule has 0 aromatic heterocycles. The molecule has 3 nitrogen and oxygen atoms in total. The molecule has 0 bridgehead atoms. The standard InChI is InChI=1S/C10H13NO2/c1-5-3-7-8(4-6(5)2)10(13)11-9(7)12/h7-8H,3-4H2,1-2H3,(H,11,12,13). The van der Waals surface area contributed by atoms with Crippen molar-refractivity contribution in [3.8, 4) is 0 Å². The van der Waals surface area contributed by atoms with Gasteiger partial charge in [-0.2, -0.15) is 0 Å². The van der Waals surface area contributed by atoms with E-state index in [2.05, 4.69) is 5.32 Å². The van der Waals surface area contributed by atoms with Crippen molar-refractivity contribution in [1.82, 2.24) is 5.32 Å². The number of rotatable bonds is 0. The lowest BCUT2D eigenvalue weighted by atomic mass is 9.78. The second-order valence-electron chi connectivity index (χ2n) is 4.04. The molecule has 0 radical (unpaired) electrons. The van der Waals surface area contributed by atoms with Gasteiger partial charge in [-0.1, -0.05) is 11.1 Å². The van der Waals surface area contributed by atoms with Crippen LogP contribution in [0.15, 0.2) is 11.1 Å². The van der Waals surface area contributed by atoms with Crippen molar-refractivity contribution in [2.24, 2.45) is 11.8 Å². The van der Waals surface area contributed by atoms with Gasteiger partial charge in [0, 0.05) is 0 Å². The Morgan fingerprint density at radius 2 is 1.38 bits per heavy atom. The lowest BCUT2D eigenvalue weighted by Gasteiger charge is -2.23. The highest BCUT2D eigenvalue weighted by Crippen LogP contribution is 2.36. The first kappa shape index (κ1) is 8.48. The quantitative estimate of drug-likeness (QED) is 0.445. The van der Waals surface area contributed by atoms with Gasteiger partial charge in [0.2, 0.25) is 11.8 Å². The van der Waals surface area contributed by atoms with Crippen LogP contribution < -0.4 is 5.32 Å². The number of hydrogen-bond acceptors (Lipinski definition) is 2. The van der Waals surface area contributed by atoms with E-state index >= 15 is 0 Å². The molecule has 0 aromatic carbocycles. The van der Waals surface area contributed by atoms with Crippen LogP contribution in [-0.2, 0) is 9.59 Å². The molecule has 2 unspecified atom stereocenters. The van der Waals surface area contributed by atoms with Crippen LogP contribution in [0.1, 0.15) is 26.7 Å². The predicted molar refractivity (Wildman–Crippen MR) is 47.7 cm³/mol. The molecule has 13 heavy (non-hydrogen) atoms. The van der Waals surface area contributed by atoms with E-state index in [1.54, 1.807) is 0 Å². The molecule has 1 N–H and O–H groups in total. The zero-order valence-corrected chi connectivity index (χ0v) is 7.89. The molecular weight excluding hydrogens is 166 g/mol. The minimum absolute atomic E-state index is 0.0816. The van der Waals surface area contributed by atoms with Crippen molar-refractivity contribution < 1.29 is 9.59 Å². The van der Waals surface area contributed by atoms with Gasteiger partial charge in [0.1, 0.15) is 0 Å². The zero-order valence-electron chi connectivity index (χ0n) is 7.89. The Bertz CT molecular complexity index is 287. The third-order valence-corrected chi connectivity index (χ3v) is 3.19. The van der Waals surface area contributed by atoms with Crippen LogP contribution in [0.4, 0.5) is 0 Å². The third kappa shape index (κ3) is 1.19. The second-order valence-corrected chi connectivity index (χ2v) is 4.04. The monoisotopic (exact) mass is 179 g/mol. The molecule has 0 spiro atoms. The maximum Gasteiger partial charge on any atom is 0.230 e. The molecule has 2 amide bonds. The van der Waals surface area contributed by atoms with Gasteiger partial charge in [-0.25, -0.2) is 0 Å². The van der Waals surface area contributed by atoms with Gasteiger partial charge >= 0.3 is 0 Å². The fourth-order valence-corrected chi connectivity index (χ4v) is 2.15. The maximum atomic E-state index is 11.3. The molecule has 1 aliphatic heterocycles. The second kappa shape index (κ2) is 2.69. The summed E-state index contributed by atoms with van der Waals surface area (Å²) >= 11 is 0. The Labute approximate surface area is 77.2 Å². The van der Waals surface area contributed by atoms with Crippen LogP contribution in [0, 0.1) is 11.8 Å². The molecule has 1 saturated heterocycles. The lowest BCUT2D eigenvalue weighted by molar-refractivity contribution is -0.126. The first-order valence-electron chi connectivity index (χ1n) is 4.59. The Morgan fingerprint density at radius 3 is 1.77 bits per heavy atom. The molecule has 1 aliphatic carbocycles. The van der Waals surface area contributed by atoms with Crippen molar-refractivity contribution in [3.63, 3.8) is 0 Å². The average molecular weight is 179 g/mol. The minimum atomic E-state index is -0.0869. The fourth-order valence-electron chi connectivity index (χ4n) is 2.15. The Morgan fingerprint density at radius 1 is 1.00 bits per heavy atom. The molecule has 2 rings (SSSR count). The summed E-state index contributed by atoms with van der Waals surface area (Å²) in [5.74, 6) is -0.337. The first-order valence-corrected chi connectivity index (χ1v) is 4.59. The van der Waals surface area contributed by atoms with Crippen molar-refractivity contribution in [2.45, 2.75) is 26.7 Å². The molecule has 2 aliphatic rings. The van der Waals surface area contributed by atoms with E-state index in [1.807, 2.05) is 13.8 Å². The molecule has 0 saturated carbocycles. The van der Waals surface area contributed by atoms with Gasteiger partial charge in [-0.3, -0.25) is 14.9 Å². The molecule has 3 heteroatoms. The van der Waals surface area contributed by atoms with Gasteiger partial charge in [0.05, 0.1) is 11.8 Å². The highest BCUT2D eigenvalue weighted by Gasteiger charge is 2.43. The number of amides is 2. The van der Waals surface area contributed by atoms with E-state index in [9.17, 15) is 9.59 Å². The smallest absolute Gasteiger partial charge is 0.230 e. The molecular formula is C10H13NO2. The van der Waals surface area contributed by atoms with Crippen molar-refractivity contribution in [2.75, 3.05) is 0 Å². The Hall–Kier alpha value is -1.12. The maximum absolute atomic E-state index is 11.3. The number of carbonyl (C=O) groups excluding carboxylic acids is 2. The first-order chi connectivity index (χ1) is 6.09. The normalized spacial score (nSPS) is 33.4. The summed E-state index contributed by atoms with van der Waals surface area (Å²) in [7, 11) is 0. The van der Waals surface area contributed by atoms with Crippen molar-refractivity contribution in [3.05, 3.63) is 11.1 Å². The fraction of sp³-hybridized carbons (Fsp3) is 0.600. The van der Waals surface area contributed by atoms with Gasteiger partial charge in [0.15, 0.2) is 0 Å². The minimum Gasteiger partial charge on any atom is -0.296 e. The van der Waals surface area contributed by atoms with E-state index in [0.717, 1.165) is 12.8 Å². The van der Waals surface area contributed by atoms with E-state index in [4.69, 9.17) is 0 Å². The Balaban J connectivity index is 2.31. The number of imide groups is 1. The molecule has 0 aromatic rings. The summed E-state index contributed by atoms with van der Waals surface area (Å²) in [4.78, 5) is 22.6. The van der Waals surface area contributed by atoms with Gasteiger partial charge < -0.3 is 0 Å². The SMILES string of the molecule is CC1=C(C)CC2C(=O)NC(=O)C2C1. The highest BCUT2D eigenvalue weighted by molar-refractivity contribution is 6.05. The van der Waals surface area contributed by atoms with Crippen LogP contribution in [-0.4, -0.2) is 11.8 Å². The van der Waals surface area contributed by atoms with E-state index in [0.29, 0.717) is 0 Å². The summed E-state index contributed by atoms with van der Waals surface area (Å²) in [6.45, 7) is 4.09. The third-order valence-electron chi connectivity index (χ3n) is 3.19. The number of nitrogens with one attached hydrogen (secondary N) is 1. The number of allylic oxidation sites excluding steroid dienone is 2. The van der Waals surface area contributed by atoms with Crippen LogP contribution in [0.2, 0.25) is 0 Å². The van der Waals surface area contributed by atoms with Gasteiger partial charge in [-0.15, -0.1) is 0 Å².